The molecule has 0 aromatic heterocycles. The van der Waals surface area contributed by atoms with Gasteiger partial charge in [-0.3, -0.25) is 15.0 Å². The van der Waals surface area contributed by atoms with Gasteiger partial charge in [0, 0.05) is 24.7 Å². The van der Waals surface area contributed by atoms with Gasteiger partial charge in [0.2, 0.25) is 0 Å². The fourth-order valence-corrected chi connectivity index (χ4v) is 3.84. The number of nitrogens with one attached hydrogen (secondary N) is 1. The van der Waals surface area contributed by atoms with E-state index in [-0.39, 0.29) is 6.04 Å². The molecule has 4 heteroatoms. The Balaban J connectivity index is 1.67. The van der Waals surface area contributed by atoms with Crippen molar-refractivity contribution < 1.29 is 9.90 Å². The van der Waals surface area contributed by atoms with Crippen molar-refractivity contribution in [3.8, 4) is 0 Å². The zero-order valence-corrected chi connectivity index (χ0v) is 12.8. The van der Waals surface area contributed by atoms with Gasteiger partial charge >= 0.3 is 5.97 Å². The van der Waals surface area contributed by atoms with Crippen LogP contribution in [-0.4, -0.2) is 46.2 Å². The smallest absolute Gasteiger partial charge is 0.323 e. The molecule has 4 nitrogen and oxygen atoms in total. The zero-order chi connectivity index (χ0) is 14.3. The molecule has 0 saturated heterocycles. The average molecular weight is 280 g/mol. The maximum atomic E-state index is 11.8. The third-order valence-electron chi connectivity index (χ3n) is 5.11. The fourth-order valence-electron chi connectivity index (χ4n) is 3.84. The van der Waals surface area contributed by atoms with Crippen molar-refractivity contribution in [2.45, 2.75) is 82.5 Å². The van der Waals surface area contributed by atoms with E-state index in [1.54, 1.807) is 0 Å². The van der Waals surface area contributed by atoms with Gasteiger partial charge in [-0.05, 0) is 64.7 Å². The zero-order valence-electron chi connectivity index (χ0n) is 12.8. The number of rotatable bonds is 7. The molecule has 0 heterocycles. The lowest BCUT2D eigenvalue weighted by molar-refractivity contribution is -0.145. The molecule has 3 fully saturated rings. The summed E-state index contributed by atoms with van der Waals surface area (Å²) >= 11 is 0. The first-order valence-corrected chi connectivity index (χ1v) is 8.27. The molecule has 20 heavy (non-hydrogen) atoms. The van der Waals surface area contributed by atoms with E-state index in [1.807, 2.05) is 13.8 Å². The van der Waals surface area contributed by atoms with Gasteiger partial charge in [-0.15, -0.1) is 0 Å². The average Bonchev–Trinajstić information content (AvgIpc) is 3.26. The molecule has 3 saturated carbocycles. The lowest BCUT2D eigenvalue weighted by Crippen LogP contribution is -2.54. The third kappa shape index (κ3) is 3.01. The summed E-state index contributed by atoms with van der Waals surface area (Å²) in [6, 6.07) is 1.46. The molecule has 2 unspecified atom stereocenters. The van der Waals surface area contributed by atoms with Crippen LogP contribution in [0.1, 0.15) is 58.8 Å². The molecule has 0 aliphatic heterocycles. The Morgan fingerprint density at radius 2 is 1.95 bits per heavy atom. The number of hydrogen-bond acceptors (Lipinski definition) is 3. The van der Waals surface area contributed by atoms with Gasteiger partial charge in [-0.1, -0.05) is 0 Å². The molecule has 0 spiro atoms. The summed E-state index contributed by atoms with van der Waals surface area (Å²) in [4.78, 5) is 14.4. The first-order valence-electron chi connectivity index (χ1n) is 8.27. The number of nitrogens with zero attached hydrogens (tertiary/aromatic N) is 1. The Labute approximate surface area is 121 Å². The fraction of sp³-hybridized carbons (Fsp3) is 0.938. The maximum absolute atomic E-state index is 11.8. The Morgan fingerprint density at radius 3 is 2.45 bits per heavy atom. The van der Waals surface area contributed by atoms with Gasteiger partial charge in [0.05, 0.1) is 0 Å². The molecular formula is C16H28N2O2. The second-order valence-electron chi connectivity index (χ2n) is 7.45. The van der Waals surface area contributed by atoms with E-state index in [4.69, 9.17) is 0 Å². The monoisotopic (exact) mass is 280 g/mol. The predicted molar refractivity (Wildman–Crippen MR) is 78.7 cm³/mol. The highest BCUT2D eigenvalue weighted by molar-refractivity contribution is 5.79. The molecule has 114 valence electrons. The highest BCUT2D eigenvalue weighted by atomic mass is 16.4. The van der Waals surface area contributed by atoms with Crippen molar-refractivity contribution in [2.24, 2.45) is 5.92 Å². The molecule has 3 aliphatic carbocycles. The molecule has 3 rings (SSSR count). The van der Waals surface area contributed by atoms with Crippen molar-refractivity contribution in [1.82, 2.24) is 10.2 Å². The van der Waals surface area contributed by atoms with Crippen molar-refractivity contribution >= 4 is 5.97 Å². The van der Waals surface area contributed by atoms with Crippen LogP contribution in [0, 0.1) is 5.92 Å². The minimum atomic E-state index is -0.685. The number of carboxylic acid groups (broad SMARTS) is 1. The van der Waals surface area contributed by atoms with Crippen molar-refractivity contribution in [3.05, 3.63) is 0 Å². The summed E-state index contributed by atoms with van der Waals surface area (Å²) in [5.74, 6) is 0.240. The minimum Gasteiger partial charge on any atom is -0.480 e. The Hall–Kier alpha value is -0.610. The van der Waals surface area contributed by atoms with E-state index in [0.29, 0.717) is 6.04 Å². The first kappa shape index (κ1) is 14.3. The summed E-state index contributed by atoms with van der Waals surface area (Å²) in [6.45, 7) is 5.30. The number of carbonyl (C=O) groups is 1. The largest absolute Gasteiger partial charge is 0.480 e. The van der Waals surface area contributed by atoms with Crippen molar-refractivity contribution in [3.63, 3.8) is 0 Å². The molecule has 0 amide bonds. The van der Waals surface area contributed by atoms with Crippen LogP contribution in [0.3, 0.4) is 0 Å². The van der Waals surface area contributed by atoms with Crippen molar-refractivity contribution in [2.75, 3.05) is 6.54 Å². The lowest BCUT2D eigenvalue weighted by atomic mass is 9.96. The molecule has 0 aromatic rings. The molecule has 3 aliphatic rings. The first-order chi connectivity index (χ1) is 9.50. The van der Waals surface area contributed by atoms with Crippen LogP contribution < -0.4 is 5.32 Å². The van der Waals surface area contributed by atoms with E-state index in [2.05, 4.69) is 10.2 Å². The second kappa shape index (κ2) is 5.30. The van der Waals surface area contributed by atoms with Gasteiger partial charge in [0.15, 0.2) is 0 Å². The van der Waals surface area contributed by atoms with Crippen LogP contribution in [0.2, 0.25) is 0 Å². The highest BCUT2D eigenvalue weighted by Crippen LogP contribution is 2.42. The predicted octanol–water partition coefficient (Wildman–Crippen LogP) is 2.23. The summed E-state index contributed by atoms with van der Waals surface area (Å²) in [7, 11) is 0. The topological polar surface area (TPSA) is 52.6 Å². The van der Waals surface area contributed by atoms with Gasteiger partial charge < -0.3 is 5.11 Å². The van der Waals surface area contributed by atoms with E-state index in [1.165, 1.54) is 32.2 Å². The quantitative estimate of drug-likeness (QED) is 0.751. The number of hydrogen-bond donors (Lipinski definition) is 2. The highest BCUT2D eigenvalue weighted by Gasteiger charge is 2.49. The maximum Gasteiger partial charge on any atom is 0.323 e. The SMILES string of the molecule is CC(C)NC1(C(=O)O)CCC(N(CC2CC2)C2CC2)C1. The van der Waals surface area contributed by atoms with Gasteiger partial charge in [0.1, 0.15) is 5.54 Å². The molecule has 2 atom stereocenters. The molecule has 0 radical (unpaired) electrons. The summed E-state index contributed by atoms with van der Waals surface area (Å²) in [6.07, 6.45) is 7.99. The summed E-state index contributed by atoms with van der Waals surface area (Å²) < 4.78 is 0. The standard InChI is InChI=1S/C16H28N2O2/c1-11(2)17-16(15(19)20)8-7-14(9-16)18(13-5-6-13)10-12-3-4-12/h11-14,17H,3-10H2,1-2H3,(H,19,20). The van der Waals surface area contributed by atoms with Crippen LogP contribution in [0.15, 0.2) is 0 Å². The third-order valence-corrected chi connectivity index (χ3v) is 5.11. The van der Waals surface area contributed by atoms with Crippen LogP contribution in [0.4, 0.5) is 0 Å². The lowest BCUT2D eigenvalue weighted by Gasteiger charge is -2.32. The number of aliphatic carboxylic acids is 1. The van der Waals surface area contributed by atoms with Gasteiger partial charge in [-0.25, -0.2) is 0 Å². The number of carboxylic acids is 1. The van der Waals surface area contributed by atoms with Crippen molar-refractivity contribution in [1.29, 1.82) is 0 Å². The van der Waals surface area contributed by atoms with E-state index < -0.39 is 11.5 Å². The molecular weight excluding hydrogens is 252 g/mol. The van der Waals surface area contributed by atoms with Gasteiger partial charge in [-0.2, -0.15) is 0 Å². The van der Waals surface area contributed by atoms with Crippen LogP contribution in [-0.2, 0) is 4.79 Å². The second-order valence-corrected chi connectivity index (χ2v) is 7.45. The minimum absolute atomic E-state index is 0.225. The van der Waals surface area contributed by atoms with Crippen LogP contribution in [0.25, 0.3) is 0 Å². The van der Waals surface area contributed by atoms with Crippen LogP contribution in [0.5, 0.6) is 0 Å². The van der Waals surface area contributed by atoms with Crippen LogP contribution >= 0.6 is 0 Å². The molecule has 0 bridgehead atoms. The Bertz CT molecular complexity index is 377. The van der Waals surface area contributed by atoms with E-state index in [9.17, 15) is 9.90 Å². The van der Waals surface area contributed by atoms with Gasteiger partial charge in [0.25, 0.3) is 0 Å². The summed E-state index contributed by atoms with van der Waals surface area (Å²) in [5.41, 5.74) is -0.685. The Morgan fingerprint density at radius 1 is 1.25 bits per heavy atom. The molecule has 0 aromatic carbocycles. The van der Waals surface area contributed by atoms with E-state index >= 15 is 0 Å². The molecule has 2 N–H and O–H groups in total. The normalized spacial score (nSPS) is 34.1. The Kier molecular flexibility index (Phi) is 3.80. The summed E-state index contributed by atoms with van der Waals surface area (Å²) in [5, 5.41) is 13.0. The van der Waals surface area contributed by atoms with E-state index in [0.717, 1.165) is 31.2 Å².